The van der Waals surface area contributed by atoms with Crippen LogP contribution in [0.2, 0.25) is 0 Å². The van der Waals surface area contributed by atoms with Gasteiger partial charge in [-0.25, -0.2) is 9.50 Å². The Balaban J connectivity index is 1.37. The molecule has 0 atom stereocenters. The first kappa shape index (κ1) is 22.9. The molecule has 0 aliphatic heterocycles. The summed E-state index contributed by atoms with van der Waals surface area (Å²) in [4.78, 5) is 17.1. The average molecular weight is 494 g/mol. The Labute approximate surface area is 193 Å². The van der Waals surface area contributed by atoms with Crippen LogP contribution >= 0.6 is 0 Å². The Morgan fingerprint density at radius 3 is 2.49 bits per heavy atom. The van der Waals surface area contributed by atoms with Gasteiger partial charge in [0, 0.05) is 17.8 Å². The number of rotatable bonds is 5. The number of nitrogens with one attached hydrogen (secondary N) is 1. The Morgan fingerprint density at radius 1 is 1.03 bits per heavy atom. The third-order valence-corrected chi connectivity index (χ3v) is 5.51. The van der Waals surface area contributed by atoms with Crippen molar-refractivity contribution >= 4 is 17.2 Å². The molecule has 1 amide bonds. The summed E-state index contributed by atoms with van der Waals surface area (Å²) in [5, 5.41) is 10.3. The normalized spacial score (nSPS) is 14.5. The second-order valence-electron chi connectivity index (χ2n) is 8.21. The molecule has 4 aromatic rings. The Bertz CT molecular complexity index is 1420. The summed E-state index contributed by atoms with van der Waals surface area (Å²) < 4.78 is 81.3. The lowest BCUT2D eigenvalue weighted by Gasteiger charge is -2.11. The van der Waals surface area contributed by atoms with Crippen LogP contribution in [0.3, 0.4) is 0 Å². The first-order valence-electron chi connectivity index (χ1n) is 10.4. The molecule has 0 radical (unpaired) electrons. The Kier molecular flexibility index (Phi) is 5.29. The molecule has 0 saturated heterocycles. The van der Waals surface area contributed by atoms with Gasteiger partial charge >= 0.3 is 12.4 Å². The van der Waals surface area contributed by atoms with Gasteiger partial charge in [0.1, 0.15) is 11.3 Å². The van der Waals surface area contributed by atoms with Crippen LogP contribution in [0.4, 0.5) is 32.0 Å². The quantitative estimate of drug-likeness (QED) is 0.390. The van der Waals surface area contributed by atoms with Gasteiger partial charge in [-0.05, 0) is 36.6 Å². The summed E-state index contributed by atoms with van der Waals surface area (Å²) in [6.07, 6.45) is -4.03. The van der Waals surface area contributed by atoms with E-state index in [1.54, 1.807) is 0 Å². The van der Waals surface area contributed by atoms with Crippen molar-refractivity contribution in [2.24, 2.45) is 0 Å². The van der Waals surface area contributed by atoms with Crippen molar-refractivity contribution in [3.8, 4) is 0 Å². The molecule has 1 aliphatic carbocycles. The van der Waals surface area contributed by atoms with Crippen molar-refractivity contribution in [3.05, 3.63) is 77.0 Å². The molecule has 1 aliphatic rings. The molecule has 1 fully saturated rings. The van der Waals surface area contributed by atoms with Gasteiger partial charge in [0.25, 0.3) is 5.91 Å². The lowest BCUT2D eigenvalue weighted by atomic mass is 10.1. The van der Waals surface area contributed by atoms with Crippen LogP contribution in [0.5, 0.6) is 0 Å². The lowest BCUT2D eigenvalue weighted by Crippen LogP contribution is -2.16. The number of halogens is 6. The third kappa shape index (κ3) is 4.70. The monoisotopic (exact) mass is 494 g/mol. The fourth-order valence-corrected chi connectivity index (χ4v) is 3.68. The van der Waals surface area contributed by atoms with Gasteiger partial charge in [-0.15, -0.1) is 0 Å². The van der Waals surface area contributed by atoms with Gasteiger partial charge in [0.05, 0.1) is 30.2 Å². The molecular formula is C22H16F6N6O. The van der Waals surface area contributed by atoms with E-state index in [0.29, 0.717) is 10.1 Å². The summed E-state index contributed by atoms with van der Waals surface area (Å²) in [6, 6.07) is 5.71. The van der Waals surface area contributed by atoms with E-state index in [0.717, 1.165) is 37.2 Å². The highest BCUT2D eigenvalue weighted by Gasteiger charge is 2.38. The molecule has 1 N–H and O–H groups in total. The smallest absolute Gasteiger partial charge is 0.319 e. The molecular weight excluding hydrogens is 478 g/mol. The number of hydrogen-bond acceptors (Lipinski definition) is 4. The molecule has 0 bridgehead atoms. The highest BCUT2D eigenvalue weighted by atomic mass is 19.4. The molecule has 182 valence electrons. The standard InChI is InChI=1S/C22H16F6N6O/c23-21(24,25)14-3-1-2-12(6-14)10-33-11-15(8-29-33)31-20(35)16-9-30-34-18(22(26,27)28)7-17(13-4-5-13)32-19(16)34/h1-3,6-9,11,13H,4-5,10H2,(H,31,35). The van der Waals surface area contributed by atoms with Crippen LogP contribution in [-0.2, 0) is 18.9 Å². The molecule has 3 aromatic heterocycles. The van der Waals surface area contributed by atoms with Crippen LogP contribution < -0.4 is 5.32 Å². The topological polar surface area (TPSA) is 77.1 Å². The lowest BCUT2D eigenvalue weighted by molar-refractivity contribution is -0.142. The molecule has 5 rings (SSSR count). The van der Waals surface area contributed by atoms with Crippen molar-refractivity contribution < 1.29 is 31.1 Å². The largest absolute Gasteiger partial charge is 0.433 e. The Morgan fingerprint density at radius 2 is 1.80 bits per heavy atom. The van der Waals surface area contributed by atoms with Crippen molar-refractivity contribution in [1.29, 1.82) is 0 Å². The fraction of sp³-hybridized carbons (Fsp3) is 0.273. The van der Waals surface area contributed by atoms with Gasteiger partial charge in [-0.3, -0.25) is 9.48 Å². The van der Waals surface area contributed by atoms with E-state index in [-0.39, 0.29) is 35.1 Å². The number of anilines is 1. The molecule has 1 aromatic carbocycles. The molecule has 3 heterocycles. The number of fused-ring (bicyclic) bond motifs is 1. The van der Waals surface area contributed by atoms with E-state index >= 15 is 0 Å². The maximum absolute atomic E-state index is 13.5. The zero-order valence-corrected chi connectivity index (χ0v) is 17.7. The first-order valence-corrected chi connectivity index (χ1v) is 10.4. The minimum atomic E-state index is -4.69. The van der Waals surface area contributed by atoms with E-state index in [1.807, 2.05) is 0 Å². The number of nitrogens with zero attached hydrogens (tertiary/aromatic N) is 5. The second-order valence-corrected chi connectivity index (χ2v) is 8.21. The molecule has 1 saturated carbocycles. The van der Waals surface area contributed by atoms with Gasteiger partial charge in [0.2, 0.25) is 0 Å². The molecule has 0 unspecified atom stereocenters. The highest BCUT2D eigenvalue weighted by Crippen LogP contribution is 2.41. The second kappa shape index (κ2) is 8.10. The summed E-state index contributed by atoms with van der Waals surface area (Å²) in [5.74, 6) is -0.826. The predicted octanol–water partition coefficient (Wildman–Crippen LogP) is 5.14. The zero-order valence-electron chi connectivity index (χ0n) is 17.7. The number of hydrogen-bond donors (Lipinski definition) is 1. The number of alkyl halides is 6. The van der Waals surface area contributed by atoms with E-state index in [1.165, 1.54) is 29.2 Å². The summed E-state index contributed by atoms with van der Waals surface area (Å²) >= 11 is 0. The van der Waals surface area contributed by atoms with Crippen LogP contribution in [0.25, 0.3) is 5.65 Å². The van der Waals surface area contributed by atoms with Gasteiger partial charge in [0.15, 0.2) is 5.65 Å². The number of amides is 1. The van der Waals surface area contributed by atoms with Crippen LogP contribution in [0.1, 0.15) is 51.6 Å². The van der Waals surface area contributed by atoms with E-state index in [2.05, 4.69) is 20.5 Å². The van der Waals surface area contributed by atoms with Crippen molar-refractivity contribution in [2.45, 2.75) is 37.7 Å². The molecule has 35 heavy (non-hydrogen) atoms. The maximum atomic E-state index is 13.5. The fourth-order valence-electron chi connectivity index (χ4n) is 3.68. The minimum Gasteiger partial charge on any atom is -0.319 e. The van der Waals surface area contributed by atoms with E-state index in [9.17, 15) is 31.1 Å². The van der Waals surface area contributed by atoms with Gasteiger partial charge in [-0.2, -0.15) is 36.5 Å². The van der Waals surface area contributed by atoms with Crippen molar-refractivity contribution in [2.75, 3.05) is 5.32 Å². The van der Waals surface area contributed by atoms with Crippen LogP contribution in [-0.4, -0.2) is 30.3 Å². The maximum Gasteiger partial charge on any atom is 0.433 e. The number of carbonyl (C=O) groups is 1. The average Bonchev–Trinajstić information content (AvgIpc) is 3.40. The molecule has 13 heteroatoms. The minimum absolute atomic E-state index is 0.0117. The van der Waals surface area contributed by atoms with E-state index < -0.39 is 29.5 Å². The van der Waals surface area contributed by atoms with Gasteiger partial charge < -0.3 is 5.32 Å². The van der Waals surface area contributed by atoms with Crippen LogP contribution in [0.15, 0.2) is 48.9 Å². The van der Waals surface area contributed by atoms with Crippen molar-refractivity contribution in [3.63, 3.8) is 0 Å². The van der Waals surface area contributed by atoms with Crippen LogP contribution in [0, 0.1) is 0 Å². The first-order chi connectivity index (χ1) is 16.5. The van der Waals surface area contributed by atoms with Crippen molar-refractivity contribution in [1.82, 2.24) is 24.4 Å². The predicted molar refractivity (Wildman–Crippen MR) is 111 cm³/mol. The SMILES string of the molecule is O=C(Nc1cnn(Cc2cccc(C(F)(F)F)c2)c1)c1cnn2c(C(F)(F)F)cc(C3CC3)nc12. The summed E-state index contributed by atoms with van der Waals surface area (Å²) in [5.41, 5.74) is -1.36. The highest BCUT2D eigenvalue weighted by molar-refractivity contribution is 6.08. The summed E-state index contributed by atoms with van der Waals surface area (Å²) in [6.45, 7) is 0.0117. The number of aromatic nitrogens is 5. The van der Waals surface area contributed by atoms with E-state index in [4.69, 9.17) is 0 Å². The zero-order chi connectivity index (χ0) is 25.0. The van der Waals surface area contributed by atoms with Gasteiger partial charge in [-0.1, -0.05) is 12.1 Å². The Hall–Kier alpha value is -3.90. The molecule has 0 spiro atoms. The number of benzene rings is 1. The number of carbonyl (C=O) groups excluding carboxylic acids is 1. The molecule has 7 nitrogen and oxygen atoms in total. The third-order valence-electron chi connectivity index (χ3n) is 5.51. The summed E-state index contributed by atoms with van der Waals surface area (Å²) in [7, 11) is 0.